The van der Waals surface area contributed by atoms with Gasteiger partial charge in [-0.3, -0.25) is 0 Å². The van der Waals surface area contributed by atoms with E-state index in [-0.39, 0.29) is 0 Å². The maximum Gasteiger partial charge on any atom is 0.0462 e. The van der Waals surface area contributed by atoms with Crippen LogP contribution in [0.5, 0.6) is 0 Å². The normalized spacial score (nSPS) is 10.8. The molecule has 36 heavy (non-hydrogen) atoms. The molecule has 1 heteroatoms. The molecule has 5 aromatic rings. The lowest BCUT2D eigenvalue weighted by molar-refractivity contribution is 1.27. The summed E-state index contributed by atoms with van der Waals surface area (Å²) < 4.78 is 0. The number of aryl methyl sites for hydroxylation is 1. The number of anilines is 3. The molecule has 0 saturated carbocycles. The molecule has 0 aliphatic heterocycles. The zero-order chi connectivity index (χ0) is 24.6. The van der Waals surface area contributed by atoms with Gasteiger partial charge in [-0.15, -0.1) is 0 Å². The molecule has 0 fully saturated rings. The Labute approximate surface area is 214 Å². The molecule has 5 rings (SSSR count). The van der Waals surface area contributed by atoms with Crippen LogP contribution in [0.4, 0.5) is 17.1 Å². The minimum absolute atomic E-state index is 1.13. The predicted octanol–water partition coefficient (Wildman–Crippen LogP) is 9.61. The highest BCUT2D eigenvalue weighted by molar-refractivity contribution is 5.82. The SMILES string of the molecule is Cc1ccc(N(c2ccccc2)c2ccc(/C=C/C=C(c3ccccc3)c3ccccc3)cc2)cc1. The van der Waals surface area contributed by atoms with E-state index in [2.05, 4.69) is 170 Å². The van der Waals surface area contributed by atoms with Crippen LogP contribution in [-0.2, 0) is 0 Å². The van der Waals surface area contributed by atoms with Gasteiger partial charge in [0.1, 0.15) is 0 Å². The van der Waals surface area contributed by atoms with Gasteiger partial charge in [0.15, 0.2) is 0 Å². The highest BCUT2D eigenvalue weighted by Crippen LogP contribution is 2.34. The van der Waals surface area contributed by atoms with Crippen LogP contribution in [-0.4, -0.2) is 0 Å². The van der Waals surface area contributed by atoms with Crippen molar-refractivity contribution in [3.63, 3.8) is 0 Å². The fourth-order valence-corrected chi connectivity index (χ4v) is 4.30. The maximum atomic E-state index is 2.29. The molecule has 0 aliphatic rings. The van der Waals surface area contributed by atoms with E-state index in [1.54, 1.807) is 0 Å². The number of nitrogens with zero attached hydrogens (tertiary/aromatic N) is 1. The third-order valence-corrected chi connectivity index (χ3v) is 6.18. The minimum atomic E-state index is 1.13. The van der Waals surface area contributed by atoms with E-state index in [1.807, 2.05) is 0 Å². The molecule has 0 heterocycles. The molecular weight excluding hydrogens is 434 g/mol. The van der Waals surface area contributed by atoms with Gasteiger partial charge in [0.2, 0.25) is 0 Å². The Balaban J connectivity index is 1.43. The molecule has 0 bridgehead atoms. The summed E-state index contributed by atoms with van der Waals surface area (Å²) in [5.74, 6) is 0. The van der Waals surface area contributed by atoms with Crippen molar-refractivity contribution < 1.29 is 0 Å². The molecule has 5 aromatic carbocycles. The van der Waals surface area contributed by atoms with Crippen molar-refractivity contribution in [1.82, 2.24) is 0 Å². The highest BCUT2D eigenvalue weighted by Gasteiger charge is 2.11. The van der Waals surface area contributed by atoms with Crippen molar-refractivity contribution in [2.75, 3.05) is 4.90 Å². The van der Waals surface area contributed by atoms with Crippen molar-refractivity contribution >= 4 is 28.7 Å². The second kappa shape index (κ2) is 11.2. The summed E-state index contributed by atoms with van der Waals surface area (Å²) in [5.41, 5.74) is 9.46. The van der Waals surface area contributed by atoms with Crippen LogP contribution in [0.1, 0.15) is 22.3 Å². The van der Waals surface area contributed by atoms with Crippen molar-refractivity contribution in [2.45, 2.75) is 6.92 Å². The smallest absolute Gasteiger partial charge is 0.0462 e. The van der Waals surface area contributed by atoms with Gasteiger partial charge >= 0.3 is 0 Å². The largest absolute Gasteiger partial charge is 0.311 e. The first-order valence-corrected chi connectivity index (χ1v) is 12.3. The van der Waals surface area contributed by atoms with Crippen LogP contribution in [0.25, 0.3) is 11.6 Å². The third-order valence-electron chi connectivity index (χ3n) is 6.18. The van der Waals surface area contributed by atoms with Gasteiger partial charge in [0.25, 0.3) is 0 Å². The van der Waals surface area contributed by atoms with Gasteiger partial charge in [-0.25, -0.2) is 0 Å². The van der Waals surface area contributed by atoms with Gasteiger partial charge < -0.3 is 4.90 Å². The number of para-hydroxylation sites is 1. The van der Waals surface area contributed by atoms with Gasteiger partial charge in [0, 0.05) is 17.1 Å². The molecule has 174 valence electrons. The average molecular weight is 464 g/mol. The van der Waals surface area contributed by atoms with E-state index in [0.29, 0.717) is 0 Å². The molecule has 0 radical (unpaired) electrons. The summed E-state index contributed by atoms with van der Waals surface area (Å²) in [6.07, 6.45) is 6.49. The molecule has 0 amide bonds. The molecule has 1 nitrogen and oxygen atoms in total. The highest BCUT2D eigenvalue weighted by atomic mass is 15.1. The Kier molecular flexibility index (Phi) is 7.20. The maximum absolute atomic E-state index is 2.29. The first-order valence-electron chi connectivity index (χ1n) is 12.3. The first-order chi connectivity index (χ1) is 17.8. The number of allylic oxidation sites excluding steroid dienone is 2. The fraction of sp³-hybridized carbons (Fsp3) is 0.0286. The molecule has 0 spiro atoms. The zero-order valence-corrected chi connectivity index (χ0v) is 20.5. The van der Waals surface area contributed by atoms with E-state index in [0.717, 1.165) is 22.6 Å². The minimum Gasteiger partial charge on any atom is -0.311 e. The van der Waals surface area contributed by atoms with Crippen molar-refractivity contribution in [3.05, 3.63) is 174 Å². The quantitative estimate of drug-likeness (QED) is 0.217. The second-order valence-electron chi connectivity index (χ2n) is 8.77. The summed E-state index contributed by atoms with van der Waals surface area (Å²) in [5, 5.41) is 0. The van der Waals surface area contributed by atoms with Crippen LogP contribution in [0, 0.1) is 6.92 Å². The monoisotopic (exact) mass is 463 g/mol. The molecule has 0 N–H and O–H groups in total. The number of rotatable bonds is 7. The number of hydrogen-bond donors (Lipinski definition) is 0. The Morgan fingerprint density at radius 2 is 0.944 bits per heavy atom. The Morgan fingerprint density at radius 1 is 0.500 bits per heavy atom. The van der Waals surface area contributed by atoms with Crippen LogP contribution in [0.15, 0.2) is 152 Å². The summed E-state index contributed by atoms with van der Waals surface area (Å²) >= 11 is 0. The Morgan fingerprint density at radius 3 is 1.47 bits per heavy atom. The lowest BCUT2D eigenvalue weighted by Gasteiger charge is -2.25. The standard InChI is InChI=1S/C35H29N/c1-28-20-24-33(25-21-28)36(32-17-9-4-10-18-32)34-26-22-29(23-27-34)12-11-19-35(30-13-5-2-6-14-30)31-15-7-3-8-16-31/h2-27H,1H3/b12-11+. The van der Waals surface area contributed by atoms with E-state index >= 15 is 0 Å². The topological polar surface area (TPSA) is 3.24 Å². The number of benzene rings is 5. The summed E-state index contributed by atoms with van der Waals surface area (Å²) in [7, 11) is 0. The predicted molar refractivity (Wildman–Crippen MR) is 155 cm³/mol. The van der Waals surface area contributed by atoms with Crippen molar-refractivity contribution in [2.24, 2.45) is 0 Å². The average Bonchev–Trinajstić information content (AvgIpc) is 2.95. The van der Waals surface area contributed by atoms with E-state index in [9.17, 15) is 0 Å². The fourth-order valence-electron chi connectivity index (χ4n) is 4.30. The van der Waals surface area contributed by atoms with Gasteiger partial charge in [-0.1, -0.05) is 127 Å². The molecule has 0 saturated heterocycles. The lowest BCUT2D eigenvalue weighted by atomic mass is 9.97. The molecular formula is C35H29N. The van der Waals surface area contributed by atoms with E-state index in [1.165, 1.54) is 22.3 Å². The van der Waals surface area contributed by atoms with Crippen LogP contribution in [0.3, 0.4) is 0 Å². The zero-order valence-electron chi connectivity index (χ0n) is 20.5. The van der Waals surface area contributed by atoms with E-state index < -0.39 is 0 Å². The molecule has 0 aromatic heterocycles. The van der Waals surface area contributed by atoms with Crippen molar-refractivity contribution in [1.29, 1.82) is 0 Å². The van der Waals surface area contributed by atoms with Crippen LogP contribution in [0.2, 0.25) is 0 Å². The van der Waals surface area contributed by atoms with Gasteiger partial charge in [0.05, 0.1) is 0 Å². The second-order valence-corrected chi connectivity index (χ2v) is 8.77. The lowest BCUT2D eigenvalue weighted by Crippen LogP contribution is -2.09. The van der Waals surface area contributed by atoms with Crippen LogP contribution >= 0.6 is 0 Å². The molecule has 0 atom stereocenters. The summed E-state index contributed by atoms with van der Waals surface area (Å²) in [4.78, 5) is 2.29. The third kappa shape index (κ3) is 5.54. The van der Waals surface area contributed by atoms with Crippen molar-refractivity contribution in [3.8, 4) is 0 Å². The molecule has 0 unspecified atom stereocenters. The van der Waals surface area contributed by atoms with Gasteiger partial charge in [-0.05, 0) is 65.6 Å². The Hall–Kier alpha value is -4.62. The number of hydrogen-bond acceptors (Lipinski definition) is 1. The Bertz CT molecular complexity index is 1390. The summed E-state index contributed by atoms with van der Waals surface area (Å²) in [6, 6.07) is 49.0. The van der Waals surface area contributed by atoms with Crippen LogP contribution < -0.4 is 4.90 Å². The first kappa shape index (κ1) is 23.1. The summed E-state index contributed by atoms with van der Waals surface area (Å²) in [6.45, 7) is 2.12. The van der Waals surface area contributed by atoms with Gasteiger partial charge in [-0.2, -0.15) is 0 Å². The molecule has 0 aliphatic carbocycles. The van der Waals surface area contributed by atoms with E-state index in [4.69, 9.17) is 0 Å².